The number of pyridine rings is 1. The van der Waals surface area contributed by atoms with Gasteiger partial charge in [0.1, 0.15) is 17.1 Å². The minimum Gasteiger partial charge on any atom is -0.324 e. The van der Waals surface area contributed by atoms with Crippen molar-refractivity contribution in [2.24, 2.45) is 4.99 Å². The van der Waals surface area contributed by atoms with Gasteiger partial charge in [-0.3, -0.25) is 19.3 Å². The molecule has 13 heteroatoms. The summed E-state index contributed by atoms with van der Waals surface area (Å²) in [4.78, 5) is 33.3. The largest absolute Gasteiger partial charge is 0.427 e. The van der Waals surface area contributed by atoms with Crippen molar-refractivity contribution in [3.63, 3.8) is 0 Å². The molecular weight excluding hydrogens is 456 g/mol. The number of nitrogens with one attached hydrogen (secondary N) is 2. The van der Waals surface area contributed by atoms with Gasteiger partial charge < -0.3 is 5.32 Å². The fourth-order valence-corrected chi connectivity index (χ4v) is 3.51. The number of nitrogens with zero attached hydrogens (tertiary/aromatic N) is 3. The van der Waals surface area contributed by atoms with Crippen molar-refractivity contribution < 1.29 is 26.3 Å². The number of aliphatic imine (C=N–C) groups is 1. The molecule has 0 bridgehead atoms. The Kier molecular flexibility index (Phi) is 5.14. The third-order valence-electron chi connectivity index (χ3n) is 4.99. The van der Waals surface area contributed by atoms with Crippen molar-refractivity contribution in [2.45, 2.75) is 24.4 Å². The number of halogens is 6. The molecule has 0 radical (unpaired) electrons. The zero-order valence-corrected chi connectivity index (χ0v) is 16.3. The maximum Gasteiger partial charge on any atom is 0.427 e. The van der Waals surface area contributed by atoms with Crippen molar-refractivity contribution in [2.75, 3.05) is 5.32 Å². The number of H-pyrrole nitrogens is 1. The summed E-state index contributed by atoms with van der Waals surface area (Å²) in [5, 5.41) is 2.31. The first-order valence-electron chi connectivity index (χ1n) is 9.29. The quantitative estimate of drug-likeness (QED) is 0.577. The highest BCUT2D eigenvalue weighted by Crippen LogP contribution is 2.55. The van der Waals surface area contributed by atoms with Crippen molar-refractivity contribution in [3.8, 4) is 0 Å². The zero-order valence-electron chi connectivity index (χ0n) is 16.3. The average Bonchev–Trinajstić information content (AvgIpc) is 2.75. The Morgan fingerprint density at radius 2 is 1.55 bits per heavy atom. The predicted octanol–water partition coefficient (Wildman–Crippen LogP) is 3.17. The van der Waals surface area contributed by atoms with E-state index in [-0.39, 0.29) is 5.69 Å². The molecule has 1 aromatic carbocycles. The van der Waals surface area contributed by atoms with E-state index in [0.717, 1.165) is 12.3 Å². The molecule has 0 unspecified atom stereocenters. The van der Waals surface area contributed by atoms with Gasteiger partial charge in [0, 0.05) is 6.20 Å². The van der Waals surface area contributed by atoms with E-state index in [2.05, 4.69) is 15.3 Å². The number of hydrogen-bond donors (Lipinski definition) is 2. The van der Waals surface area contributed by atoms with Crippen LogP contribution >= 0.6 is 0 Å². The number of hydrogen-bond acceptors (Lipinski definition) is 5. The van der Waals surface area contributed by atoms with Gasteiger partial charge in [-0.05, 0) is 17.7 Å². The molecule has 172 valence electrons. The van der Waals surface area contributed by atoms with Gasteiger partial charge in [0.2, 0.25) is 0 Å². The van der Waals surface area contributed by atoms with E-state index in [1.54, 1.807) is 23.2 Å². The highest BCUT2D eigenvalue weighted by atomic mass is 19.4. The van der Waals surface area contributed by atoms with Gasteiger partial charge >= 0.3 is 18.0 Å². The van der Waals surface area contributed by atoms with Gasteiger partial charge in [0.15, 0.2) is 5.84 Å². The lowest BCUT2D eigenvalue weighted by molar-refractivity contribution is -0.301. The number of alkyl halides is 6. The molecule has 1 aliphatic rings. The Balaban J connectivity index is 2.10. The number of anilines is 1. The van der Waals surface area contributed by atoms with Crippen LogP contribution in [0.5, 0.6) is 0 Å². The van der Waals surface area contributed by atoms with Crippen LogP contribution < -0.4 is 16.6 Å². The van der Waals surface area contributed by atoms with Crippen LogP contribution in [0.25, 0.3) is 0 Å². The maximum absolute atomic E-state index is 14.2. The van der Waals surface area contributed by atoms with E-state index in [9.17, 15) is 35.9 Å². The number of rotatable bonds is 3. The van der Waals surface area contributed by atoms with E-state index >= 15 is 0 Å². The van der Waals surface area contributed by atoms with E-state index in [0.29, 0.717) is 10.1 Å². The second kappa shape index (κ2) is 7.60. The first-order valence-corrected chi connectivity index (χ1v) is 9.29. The third kappa shape index (κ3) is 3.58. The standard InChI is InChI=1S/C20H13F6N5O2/c21-19(22,23)18(20(24,25)26)13-15(28-14(30-18)12-8-4-5-9-27-12)31(17(33)29-16(13)32)10-11-6-2-1-3-7-11/h1-9H,10H2,(H,28,30)(H,29,32,33). The SMILES string of the molecule is O=c1[nH]c(=O)n(Cc2ccccc2)c2c1C(C(F)(F)F)(C(F)(F)F)N=C(c1ccccn1)N2. The van der Waals surface area contributed by atoms with E-state index in [1.807, 2.05) is 0 Å². The van der Waals surface area contributed by atoms with Crippen LogP contribution in [0.4, 0.5) is 32.2 Å². The second-order valence-electron chi connectivity index (χ2n) is 7.06. The van der Waals surface area contributed by atoms with E-state index in [1.165, 1.54) is 24.3 Å². The van der Waals surface area contributed by atoms with Crippen LogP contribution in [0.3, 0.4) is 0 Å². The van der Waals surface area contributed by atoms with Gasteiger partial charge in [0.05, 0.1) is 6.54 Å². The minimum atomic E-state index is -6.08. The molecule has 0 saturated carbocycles. The van der Waals surface area contributed by atoms with Gasteiger partial charge in [0.25, 0.3) is 11.1 Å². The summed E-state index contributed by atoms with van der Waals surface area (Å²) in [6, 6.07) is 11.7. The molecule has 7 nitrogen and oxygen atoms in total. The number of fused-ring (bicyclic) bond motifs is 1. The van der Waals surface area contributed by atoms with Gasteiger partial charge in [-0.1, -0.05) is 36.4 Å². The van der Waals surface area contributed by atoms with Crippen LogP contribution in [0.1, 0.15) is 16.8 Å². The van der Waals surface area contributed by atoms with Crippen LogP contribution in [-0.4, -0.2) is 32.7 Å². The summed E-state index contributed by atoms with van der Waals surface area (Å²) in [6.45, 7) is -0.424. The molecule has 3 heterocycles. The number of amidine groups is 1. The Labute approximate surface area is 180 Å². The maximum atomic E-state index is 14.2. The topological polar surface area (TPSA) is 92.1 Å². The van der Waals surface area contributed by atoms with Gasteiger partial charge in [-0.15, -0.1) is 0 Å². The minimum absolute atomic E-state index is 0.347. The Hall–Kier alpha value is -3.90. The molecule has 0 aliphatic carbocycles. The van der Waals surface area contributed by atoms with Crippen LogP contribution in [0.2, 0.25) is 0 Å². The van der Waals surface area contributed by atoms with Crippen molar-refractivity contribution in [1.29, 1.82) is 0 Å². The molecule has 0 fully saturated rings. The van der Waals surface area contributed by atoms with Crippen LogP contribution in [0, 0.1) is 0 Å². The van der Waals surface area contributed by atoms with Gasteiger partial charge in [-0.2, -0.15) is 26.3 Å². The molecule has 33 heavy (non-hydrogen) atoms. The summed E-state index contributed by atoms with van der Waals surface area (Å²) < 4.78 is 85.7. The van der Waals surface area contributed by atoms with Gasteiger partial charge in [-0.25, -0.2) is 9.79 Å². The lowest BCUT2D eigenvalue weighted by Crippen LogP contribution is -2.59. The molecule has 0 saturated heterocycles. The first kappa shape index (κ1) is 22.3. The predicted molar refractivity (Wildman–Crippen MR) is 105 cm³/mol. The summed E-state index contributed by atoms with van der Waals surface area (Å²) in [6.07, 6.45) is -11.0. The Bertz CT molecular complexity index is 1310. The molecule has 0 spiro atoms. The molecule has 2 aromatic heterocycles. The van der Waals surface area contributed by atoms with Crippen LogP contribution in [-0.2, 0) is 12.1 Å². The first-order chi connectivity index (χ1) is 15.5. The number of aromatic nitrogens is 3. The van der Waals surface area contributed by atoms with E-state index in [4.69, 9.17) is 0 Å². The van der Waals surface area contributed by atoms with Crippen molar-refractivity contribution in [3.05, 3.63) is 92.4 Å². The molecule has 1 aliphatic heterocycles. The zero-order chi connectivity index (χ0) is 24.0. The van der Waals surface area contributed by atoms with Crippen molar-refractivity contribution in [1.82, 2.24) is 14.5 Å². The van der Waals surface area contributed by atoms with Crippen LogP contribution in [0.15, 0.2) is 69.3 Å². The summed E-state index contributed by atoms with van der Waals surface area (Å²) in [7, 11) is 0. The highest BCUT2D eigenvalue weighted by molar-refractivity contribution is 6.08. The lowest BCUT2D eigenvalue weighted by atomic mass is 9.88. The molecule has 3 aromatic rings. The second-order valence-corrected chi connectivity index (χ2v) is 7.06. The number of aromatic amines is 1. The smallest absolute Gasteiger partial charge is 0.324 e. The van der Waals surface area contributed by atoms with Crippen molar-refractivity contribution >= 4 is 11.7 Å². The highest BCUT2D eigenvalue weighted by Gasteiger charge is 2.75. The number of benzene rings is 1. The molecule has 4 rings (SSSR count). The normalized spacial score (nSPS) is 15.4. The fraction of sp³-hybridized carbons (Fsp3) is 0.200. The molecule has 0 amide bonds. The summed E-state index contributed by atoms with van der Waals surface area (Å²) in [5.41, 5.74) is -9.73. The molecule has 2 N–H and O–H groups in total. The molecule has 0 atom stereocenters. The molecular formula is C20H13F6N5O2. The fourth-order valence-electron chi connectivity index (χ4n) is 3.51. The summed E-state index contributed by atoms with van der Waals surface area (Å²) >= 11 is 0. The Morgan fingerprint density at radius 3 is 2.12 bits per heavy atom. The lowest BCUT2D eigenvalue weighted by Gasteiger charge is -2.38. The average molecular weight is 469 g/mol. The Morgan fingerprint density at radius 1 is 0.909 bits per heavy atom. The summed E-state index contributed by atoms with van der Waals surface area (Å²) in [5.74, 6) is -1.87. The van der Waals surface area contributed by atoms with E-state index < -0.39 is 52.9 Å². The third-order valence-corrected chi connectivity index (χ3v) is 4.99. The monoisotopic (exact) mass is 469 g/mol.